The number of nitro benzene ring substituents is 1. The summed E-state index contributed by atoms with van der Waals surface area (Å²) in [6, 6.07) is 9.23. The van der Waals surface area contributed by atoms with Crippen LogP contribution in [-0.4, -0.2) is 12.0 Å². The number of halogens is 2. The number of hydrogen-bond acceptors (Lipinski definition) is 4. The average Bonchev–Trinajstić information content (AvgIpc) is 2.46. The minimum Gasteiger partial charge on any atom is -0.494 e. The van der Waals surface area contributed by atoms with Crippen LogP contribution in [-0.2, 0) is 6.54 Å². The zero-order chi connectivity index (χ0) is 15.4. The summed E-state index contributed by atoms with van der Waals surface area (Å²) in [6.07, 6.45) is 0. The first-order chi connectivity index (χ1) is 10.0. The molecule has 0 bridgehead atoms. The second-order valence-electron chi connectivity index (χ2n) is 4.23. The molecular weight excluding hydrogens is 343 g/mol. The molecule has 2 aromatic carbocycles. The lowest BCUT2D eigenvalue weighted by Gasteiger charge is -2.09. The molecule has 0 aliphatic heterocycles. The summed E-state index contributed by atoms with van der Waals surface area (Å²) in [7, 11) is 1.39. The Labute approximate surface area is 129 Å². The van der Waals surface area contributed by atoms with Crippen LogP contribution in [0.1, 0.15) is 5.56 Å². The van der Waals surface area contributed by atoms with Gasteiger partial charge in [0.1, 0.15) is 0 Å². The van der Waals surface area contributed by atoms with E-state index < -0.39 is 10.7 Å². The number of hydrogen-bond donors (Lipinski definition) is 1. The van der Waals surface area contributed by atoms with Crippen LogP contribution in [0.5, 0.6) is 5.75 Å². The third kappa shape index (κ3) is 3.69. The minimum absolute atomic E-state index is 0.00542. The number of anilines is 1. The van der Waals surface area contributed by atoms with E-state index in [4.69, 9.17) is 4.74 Å². The normalized spacial score (nSPS) is 10.2. The van der Waals surface area contributed by atoms with E-state index in [0.717, 1.165) is 0 Å². The van der Waals surface area contributed by atoms with Gasteiger partial charge in [-0.05, 0) is 24.3 Å². The highest BCUT2D eigenvalue weighted by molar-refractivity contribution is 9.10. The predicted molar refractivity (Wildman–Crippen MR) is 81.1 cm³/mol. The fraction of sp³-hybridized carbons (Fsp3) is 0.143. The third-order valence-electron chi connectivity index (χ3n) is 2.88. The highest BCUT2D eigenvalue weighted by Gasteiger charge is 2.14. The lowest BCUT2D eigenvalue weighted by Crippen LogP contribution is -2.03. The first kappa shape index (κ1) is 15.2. The molecule has 0 fully saturated rings. The monoisotopic (exact) mass is 354 g/mol. The maximum Gasteiger partial charge on any atom is 0.275 e. The lowest BCUT2D eigenvalue weighted by molar-refractivity contribution is -0.385. The quantitative estimate of drug-likeness (QED) is 0.647. The van der Waals surface area contributed by atoms with Crippen molar-refractivity contribution >= 4 is 27.3 Å². The average molecular weight is 355 g/mol. The predicted octanol–water partition coefficient (Wildman–Crippen LogP) is 4.12. The van der Waals surface area contributed by atoms with Gasteiger partial charge in [0.05, 0.1) is 12.0 Å². The van der Waals surface area contributed by atoms with Gasteiger partial charge < -0.3 is 10.1 Å². The number of nitro groups is 1. The number of benzene rings is 2. The highest BCUT2D eigenvalue weighted by atomic mass is 79.9. The SMILES string of the molecule is COc1ccc(NCc2ccc(Br)cc2[N+](=O)[O-])cc1F. The Balaban J connectivity index is 2.16. The van der Waals surface area contributed by atoms with Crippen molar-refractivity contribution in [3.63, 3.8) is 0 Å². The summed E-state index contributed by atoms with van der Waals surface area (Å²) >= 11 is 3.20. The fourth-order valence-corrected chi connectivity index (χ4v) is 2.18. The maximum absolute atomic E-state index is 13.6. The molecule has 21 heavy (non-hydrogen) atoms. The largest absolute Gasteiger partial charge is 0.494 e. The number of nitrogens with zero attached hydrogens (tertiary/aromatic N) is 1. The van der Waals surface area contributed by atoms with Crippen LogP contribution in [0.4, 0.5) is 15.8 Å². The van der Waals surface area contributed by atoms with Crippen molar-refractivity contribution in [3.8, 4) is 5.75 Å². The number of methoxy groups -OCH3 is 1. The molecule has 0 amide bonds. The van der Waals surface area contributed by atoms with E-state index in [0.29, 0.717) is 15.7 Å². The smallest absolute Gasteiger partial charge is 0.275 e. The fourth-order valence-electron chi connectivity index (χ4n) is 1.83. The summed E-state index contributed by atoms with van der Waals surface area (Å²) in [5.41, 5.74) is 1.04. The Morgan fingerprint density at radius 1 is 1.33 bits per heavy atom. The van der Waals surface area contributed by atoms with Gasteiger partial charge in [0.15, 0.2) is 11.6 Å². The first-order valence-corrected chi connectivity index (χ1v) is 6.81. The summed E-state index contributed by atoms with van der Waals surface area (Å²) < 4.78 is 19.0. The summed E-state index contributed by atoms with van der Waals surface area (Å²) in [5.74, 6) is -0.344. The second-order valence-corrected chi connectivity index (χ2v) is 5.15. The van der Waals surface area contributed by atoms with Gasteiger partial charge >= 0.3 is 0 Å². The molecule has 0 unspecified atom stereocenters. The van der Waals surface area contributed by atoms with Gasteiger partial charge in [0.25, 0.3) is 5.69 Å². The Morgan fingerprint density at radius 2 is 2.10 bits per heavy atom. The minimum atomic E-state index is -0.493. The molecule has 0 radical (unpaired) electrons. The van der Waals surface area contributed by atoms with Crippen molar-refractivity contribution in [3.05, 3.63) is 62.4 Å². The van der Waals surface area contributed by atoms with Crippen molar-refractivity contribution in [2.24, 2.45) is 0 Å². The molecule has 0 spiro atoms. The number of nitrogens with one attached hydrogen (secondary N) is 1. The van der Waals surface area contributed by atoms with Crippen molar-refractivity contribution in [1.29, 1.82) is 0 Å². The molecule has 0 heterocycles. The van der Waals surface area contributed by atoms with Crippen LogP contribution in [0, 0.1) is 15.9 Å². The van der Waals surface area contributed by atoms with E-state index in [1.807, 2.05) is 0 Å². The van der Waals surface area contributed by atoms with E-state index in [2.05, 4.69) is 21.2 Å². The zero-order valence-electron chi connectivity index (χ0n) is 11.1. The van der Waals surface area contributed by atoms with E-state index in [1.165, 1.54) is 25.3 Å². The molecule has 0 aliphatic carbocycles. The molecule has 2 aromatic rings. The Morgan fingerprint density at radius 3 is 2.71 bits per heavy atom. The first-order valence-electron chi connectivity index (χ1n) is 6.01. The standard InChI is InChI=1S/C14H12BrFN2O3/c1-21-14-5-4-11(7-12(14)16)17-8-9-2-3-10(15)6-13(9)18(19)20/h2-7,17H,8H2,1H3. The van der Waals surface area contributed by atoms with Crippen LogP contribution in [0.3, 0.4) is 0 Å². The van der Waals surface area contributed by atoms with Crippen molar-refractivity contribution < 1.29 is 14.1 Å². The van der Waals surface area contributed by atoms with E-state index in [9.17, 15) is 14.5 Å². The summed E-state index contributed by atoms with van der Waals surface area (Å²) in [4.78, 5) is 10.6. The van der Waals surface area contributed by atoms with Gasteiger partial charge in [-0.25, -0.2) is 4.39 Å². The molecule has 1 N–H and O–H groups in total. The Bertz CT molecular complexity index is 679. The number of ether oxygens (including phenoxy) is 1. The Hall–Kier alpha value is -2.15. The van der Waals surface area contributed by atoms with Gasteiger partial charge in [-0.15, -0.1) is 0 Å². The summed E-state index contributed by atoms with van der Waals surface area (Å²) in [6.45, 7) is 0.218. The van der Waals surface area contributed by atoms with E-state index in [1.54, 1.807) is 18.2 Å². The van der Waals surface area contributed by atoms with Crippen LogP contribution in [0.2, 0.25) is 0 Å². The van der Waals surface area contributed by atoms with Gasteiger partial charge in [0, 0.05) is 34.4 Å². The van der Waals surface area contributed by atoms with Gasteiger partial charge in [0.2, 0.25) is 0 Å². The zero-order valence-corrected chi connectivity index (χ0v) is 12.7. The highest BCUT2D eigenvalue weighted by Crippen LogP contribution is 2.25. The van der Waals surface area contributed by atoms with E-state index in [-0.39, 0.29) is 18.0 Å². The molecule has 110 valence electrons. The summed E-state index contributed by atoms with van der Waals surface area (Å²) in [5, 5.41) is 14.0. The topological polar surface area (TPSA) is 64.4 Å². The van der Waals surface area contributed by atoms with Crippen molar-refractivity contribution in [2.75, 3.05) is 12.4 Å². The third-order valence-corrected chi connectivity index (χ3v) is 3.37. The maximum atomic E-state index is 13.6. The van der Waals surface area contributed by atoms with Crippen LogP contribution < -0.4 is 10.1 Å². The molecule has 5 nitrogen and oxygen atoms in total. The van der Waals surface area contributed by atoms with Crippen LogP contribution in [0.15, 0.2) is 40.9 Å². The molecule has 0 saturated carbocycles. The van der Waals surface area contributed by atoms with Crippen molar-refractivity contribution in [1.82, 2.24) is 0 Å². The molecule has 0 aliphatic rings. The molecule has 7 heteroatoms. The molecule has 0 atom stereocenters. The number of rotatable bonds is 5. The molecule has 0 saturated heterocycles. The van der Waals surface area contributed by atoms with Crippen molar-refractivity contribution in [2.45, 2.75) is 6.54 Å². The molecular formula is C14H12BrFN2O3. The van der Waals surface area contributed by atoms with Gasteiger partial charge in [-0.2, -0.15) is 0 Å². The van der Waals surface area contributed by atoms with Gasteiger partial charge in [-0.1, -0.05) is 15.9 Å². The molecule has 2 rings (SSSR count). The second kappa shape index (κ2) is 6.53. The Kier molecular flexibility index (Phi) is 4.74. The molecule has 0 aromatic heterocycles. The van der Waals surface area contributed by atoms with E-state index >= 15 is 0 Å². The van der Waals surface area contributed by atoms with Gasteiger partial charge in [-0.3, -0.25) is 10.1 Å². The van der Waals surface area contributed by atoms with Crippen LogP contribution >= 0.6 is 15.9 Å². The lowest BCUT2D eigenvalue weighted by atomic mass is 10.1. The van der Waals surface area contributed by atoms with Crippen LogP contribution in [0.25, 0.3) is 0 Å².